The molecule has 1 heterocycles. The average Bonchev–Trinajstić information content (AvgIpc) is 2.18. The van der Waals surface area contributed by atoms with E-state index in [-0.39, 0.29) is 11.6 Å². The third-order valence-corrected chi connectivity index (χ3v) is 2.69. The van der Waals surface area contributed by atoms with E-state index in [4.69, 9.17) is 9.88 Å². The molecular weight excluding hydrogens is 246 g/mol. The number of hydrogen-bond donors (Lipinski definition) is 3. The smallest absolute Gasteiger partial charge is 0.296 e. The van der Waals surface area contributed by atoms with Gasteiger partial charge in [0.05, 0.1) is 11.4 Å². The lowest BCUT2D eigenvalue weighted by atomic mass is 10.2. The van der Waals surface area contributed by atoms with Crippen molar-refractivity contribution in [3.63, 3.8) is 0 Å². The summed E-state index contributed by atoms with van der Waals surface area (Å²) in [4.78, 5) is 11.4. The summed E-state index contributed by atoms with van der Waals surface area (Å²) in [7, 11) is -3.83. The molecule has 7 nitrogen and oxygen atoms in total. The quantitative estimate of drug-likeness (QED) is 0.693. The first-order chi connectivity index (χ1) is 7.85. The second-order valence-electron chi connectivity index (χ2n) is 3.61. The fourth-order valence-corrected chi connectivity index (χ4v) is 1.89. The first-order valence-corrected chi connectivity index (χ1v) is 6.32. The van der Waals surface area contributed by atoms with E-state index in [0.29, 0.717) is 11.4 Å². The highest BCUT2D eigenvalue weighted by Gasteiger charge is 2.23. The Morgan fingerprint density at radius 3 is 2.82 bits per heavy atom. The molecule has 4 N–H and O–H groups in total. The van der Waals surface area contributed by atoms with Crippen molar-refractivity contribution >= 4 is 27.5 Å². The Hall–Kier alpha value is -1.80. The summed E-state index contributed by atoms with van der Waals surface area (Å²) in [6.45, 7) is 1.62. The Balaban J connectivity index is 2.32. The minimum Gasteiger partial charge on any atom is -0.479 e. The predicted octanol–water partition coefficient (Wildman–Crippen LogP) is 0.0214. The van der Waals surface area contributed by atoms with Crippen LogP contribution in [0.3, 0.4) is 0 Å². The lowest BCUT2D eigenvalue weighted by Crippen LogP contribution is -2.34. The van der Waals surface area contributed by atoms with E-state index >= 15 is 0 Å². The number of nitrogens with two attached hydrogens (primary N) is 1. The van der Waals surface area contributed by atoms with E-state index in [1.165, 1.54) is 12.1 Å². The molecule has 0 spiro atoms. The number of benzene rings is 1. The first kappa shape index (κ1) is 11.7. The van der Waals surface area contributed by atoms with Crippen molar-refractivity contribution in [3.05, 3.63) is 18.2 Å². The van der Waals surface area contributed by atoms with Crippen LogP contribution < -0.4 is 19.9 Å². The minimum atomic E-state index is -3.83. The number of amides is 1. The SMILES string of the molecule is CC1Oc2ccc(NS(N)(=O)=O)cc2NC1=O. The monoisotopic (exact) mass is 257 g/mol. The number of ether oxygens (including phenoxy) is 1. The molecule has 0 bridgehead atoms. The molecule has 17 heavy (non-hydrogen) atoms. The van der Waals surface area contributed by atoms with Crippen molar-refractivity contribution in [2.24, 2.45) is 5.14 Å². The number of carbonyl (C=O) groups excluding carboxylic acids is 1. The largest absolute Gasteiger partial charge is 0.479 e. The summed E-state index contributed by atoms with van der Waals surface area (Å²) < 4.78 is 29.1. The molecule has 1 atom stereocenters. The van der Waals surface area contributed by atoms with Crippen LogP contribution in [0.4, 0.5) is 11.4 Å². The molecule has 0 radical (unpaired) electrons. The lowest BCUT2D eigenvalue weighted by Gasteiger charge is -2.23. The molecule has 8 heteroatoms. The van der Waals surface area contributed by atoms with Crippen molar-refractivity contribution in [1.82, 2.24) is 0 Å². The fourth-order valence-electron chi connectivity index (χ4n) is 1.44. The van der Waals surface area contributed by atoms with E-state index in [9.17, 15) is 13.2 Å². The number of fused-ring (bicyclic) bond motifs is 1. The topological polar surface area (TPSA) is 111 Å². The standard InChI is InChI=1S/C9H11N3O4S/c1-5-9(13)11-7-4-6(12-17(10,14)15)2-3-8(7)16-5/h2-5,12H,1H3,(H,11,13)(H2,10,14,15). The van der Waals surface area contributed by atoms with E-state index in [0.717, 1.165) is 0 Å². The normalized spacial score (nSPS) is 18.9. The summed E-state index contributed by atoms with van der Waals surface area (Å²) in [6, 6.07) is 4.48. The Morgan fingerprint density at radius 1 is 1.47 bits per heavy atom. The molecule has 1 amide bonds. The zero-order valence-corrected chi connectivity index (χ0v) is 9.74. The molecule has 1 aliphatic rings. The Labute approximate surface area is 98.1 Å². The predicted molar refractivity (Wildman–Crippen MR) is 61.9 cm³/mol. The summed E-state index contributed by atoms with van der Waals surface area (Å²) >= 11 is 0. The van der Waals surface area contributed by atoms with E-state index in [1.807, 2.05) is 0 Å². The highest BCUT2D eigenvalue weighted by Crippen LogP contribution is 2.32. The van der Waals surface area contributed by atoms with Gasteiger partial charge in [-0.25, -0.2) is 5.14 Å². The Morgan fingerprint density at radius 2 is 2.18 bits per heavy atom. The summed E-state index contributed by atoms with van der Waals surface area (Å²) in [5, 5.41) is 7.43. The van der Waals surface area contributed by atoms with Crippen molar-refractivity contribution in [2.45, 2.75) is 13.0 Å². The first-order valence-electron chi connectivity index (χ1n) is 4.77. The van der Waals surface area contributed by atoms with Gasteiger partial charge in [0, 0.05) is 0 Å². The highest BCUT2D eigenvalue weighted by atomic mass is 32.2. The zero-order chi connectivity index (χ0) is 12.6. The van der Waals surface area contributed by atoms with Crippen LogP contribution in [-0.2, 0) is 15.0 Å². The number of rotatable bonds is 2. The summed E-state index contributed by atoms with van der Waals surface area (Å²) in [5.74, 6) is 0.197. The van der Waals surface area contributed by atoms with Gasteiger partial charge in [0.2, 0.25) is 0 Å². The molecule has 92 valence electrons. The molecule has 2 rings (SSSR count). The van der Waals surface area contributed by atoms with Crippen LogP contribution in [0.15, 0.2) is 18.2 Å². The maximum absolute atomic E-state index is 11.4. The molecule has 1 unspecified atom stereocenters. The molecule has 1 aromatic carbocycles. The van der Waals surface area contributed by atoms with Gasteiger partial charge >= 0.3 is 0 Å². The van der Waals surface area contributed by atoms with Gasteiger partial charge in [-0.2, -0.15) is 8.42 Å². The van der Waals surface area contributed by atoms with Crippen molar-refractivity contribution in [3.8, 4) is 5.75 Å². The van der Waals surface area contributed by atoms with Gasteiger partial charge in [-0.15, -0.1) is 0 Å². The Bertz CT molecular complexity index is 570. The lowest BCUT2D eigenvalue weighted by molar-refractivity contribution is -0.122. The van der Waals surface area contributed by atoms with E-state index < -0.39 is 16.3 Å². The molecule has 0 aliphatic carbocycles. The number of hydrogen-bond acceptors (Lipinski definition) is 4. The maximum atomic E-state index is 11.4. The summed E-state index contributed by atoms with van der Waals surface area (Å²) in [5.41, 5.74) is 0.659. The van der Waals surface area contributed by atoms with Gasteiger partial charge in [-0.05, 0) is 25.1 Å². The van der Waals surface area contributed by atoms with Crippen LogP contribution >= 0.6 is 0 Å². The average molecular weight is 257 g/mol. The molecule has 1 aliphatic heterocycles. The van der Waals surface area contributed by atoms with Crippen LogP contribution in [0, 0.1) is 0 Å². The number of anilines is 2. The summed E-state index contributed by atoms with van der Waals surface area (Å²) in [6.07, 6.45) is -0.570. The number of carbonyl (C=O) groups is 1. The van der Waals surface area contributed by atoms with E-state index in [2.05, 4.69) is 10.0 Å². The molecule has 0 saturated carbocycles. The molecule has 0 aromatic heterocycles. The Kier molecular flexibility index (Phi) is 2.68. The van der Waals surface area contributed by atoms with Crippen LogP contribution in [0.2, 0.25) is 0 Å². The zero-order valence-electron chi connectivity index (χ0n) is 8.93. The van der Waals surface area contributed by atoms with Crippen LogP contribution in [0.1, 0.15) is 6.92 Å². The van der Waals surface area contributed by atoms with Gasteiger partial charge in [-0.1, -0.05) is 0 Å². The minimum absolute atomic E-state index is 0.254. The maximum Gasteiger partial charge on any atom is 0.296 e. The molecule has 0 saturated heterocycles. The number of nitrogens with one attached hydrogen (secondary N) is 2. The van der Waals surface area contributed by atoms with Crippen LogP contribution in [-0.4, -0.2) is 20.4 Å². The van der Waals surface area contributed by atoms with Gasteiger partial charge in [0.1, 0.15) is 5.75 Å². The fraction of sp³-hybridized carbons (Fsp3) is 0.222. The van der Waals surface area contributed by atoms with E-state index in [1.54, 1.807) is 13.0 Å². The van der Waals surface area contributed by atoms with Gasteiger partial charge in [-0.3, -0.25) is 9.52 Å². The van der Waals surface area contributed by atoms with Crippen molar-refractivity contribution < 1.29 is 17.9 Å². The second-order valence-corrected chi connectivity index (χ2v) is 4.90. The van der Waals surface area contributed by atoms with Crippen molar-refractivity contribution in [1.29, 1.82) is 0 Å². The van der Waals surface area contributed by atoms with Gasteiger partial charge < -0.3 is 10.1 Å². The third kappa shape index (κ3) is 2.66. The van der Waals surface area contributed by atoms with Crippen LogP contribution in [0.25, 0.3) is 0 Å². The van der Waals surface area contributed by atoms with Gasteiger partial charge in [0.25, 0.3) is 16.1 Å². The van der Waals surface area contributed by atoms with Crippen LogP contribution in [0.5, 0.6) is 5.75 Å². The van der Waals surface area contributed by atoms with Crippen molar-refractivity contribution in [2.75, 3.05) is 10.0 Å². The highest BCUT2D eigenvalue weighted by molar-refractivity contribution is 7.90. The van der Waals surface area contributed by atoms with Gasteiger partial charge in [0.15, 0.2) is 6.10 Å². The molecule has 0 fully saturated rings. The third-order valence-electron chi connectivity index (χ3n) is 2.17. The molecule has 1 aromatic rings. The molecular formula is C9H11N3O4S. The second kappa shape index (κ2) is 3.90.